The van der Waals surface area contributed by atoms with Crippen molar-refractivity contribution in [2.24, 2.45) is 17.4 Å². The van der Waals surface area contributed by atoms with Crippen LogP contribution in [0, 0.1) is 5.92 Å². The zero-order chi connectivity index (χ0) is 20.1. The lowest BCUT2D eigenvalue weighted by molar-refractivity contribution is -0.120. The lowest BCUT2D eigenvalue weighted by Crippen LogP contribution is -2.36. The molecule has 0 saturated heterocycles. The summed E-state index contributed by atoms with van der Waals surface area (Å²) in [5.74, 6) is 0.524. The SMILES string of the molecule is CNC(=O)NC[C@H](CCCCN)CC(=O)CC[C@@H](N)Cc1ccc(O)cc1. The predicted octanol–water partition coefficient (Wildman–Crippen LogP) is 1.68. The van der Waals surface area contributed by atoms with E-state index in [0.29, 0.717) is 38.8 Å². The maximum absolute atomic E-state index is 12.4. The first-order valence-corrected chi connectivity index (χ1v) is 9.65. The number of ketones is 1. The number of urea groups is 1. The number of unbranched alkanes of at least 4 members (excludes halogenated alkanes) is 1. The Bertz CT molecular complexity index is 563. The molecule has 7 heteroatoms. The Balaban J connectivity index is 2.39. The standard InChI is InChI=1S/C20H34N4O3/c1-23-20(27)24-14-16(4-2-3-11-21)13-19(26)10-7-17(22)12-15-5-8-18(25)9-6-15/h5-6,8-9,16-17,25H,2-4,7,10-14,21-22H2,1H3,(H2,23,24,27)/t16-,17-/m1/s1. The number of carbonyl (C=O) groups excluding carboxylic acids is 2. The highest BCUT2D eigenvalue weighted by Crippen LogP contribution is 2.16. The average molecular weight is 379 g/mol. The van der Waals surface area contributed by atoms with Crippen molar-refractivity contribution in [3.8, 4) is 5.75 Å². The van der Waals surface area contributed by atoms with Crippen molar-refractivity contribution >= 4 is 11.8 Å². The largest absolute Gasteiger partial charge is 0.508 e. The lowest BCUT2D eigenvalue weighted by atomic mass is 9.93. The number of Topliss-reactive ketones (excluding diaryl/α,β-unsaturated/α-hetero) is 1. The minimum atomic E-state index is -0.234. The molecule has 0 aromatic heterocycles. The van der Waals surface area contributed by atoms with E-state index in [4.69, 9.17) is 11.5 Å². The van der Waals surface area contributed by atoms with Crippen LogP contribution < -0.4 is 22.1 Å². The first kappa shape index (κ1) is 22.9. The van der Waals surface area contributed by atoms with E-state index < -0.39 is 0 Å². The number of phenols is 1. The molecule has 0 unspecified atom stereocenters. The molecule has 7 nitrogen and oxygen atoms in total. The fourth-order valence-corrected chi connectivity index (χ4v) is 2.99. The summed E-state index contributed by atoms with van der Waals surface area (Å²) in [4.78, 5) is 23.7. The second kappa shape index (κ2) is 13.1. The summed E-state index contributed by atoms with van der Waals surface area (Å²) in [6.07, 6.45) is 4.91. The molecule has 0 fully saturated rings. The van der Waals surface area contributed by atoms with E-state index >= 15 is 0 Å². The van der Waals surface area contributed by atoms with Crippen molar-refractivity contribution < 1.29 is 14.7 Å². The molecular weight excluding hydrogens is 344 g/mol. The van der Waals surface area contributed by atoms with Gasteiger partial charge < -0.3 is 27.2 Å². The van der Waals surface area contributed by atoms with Crippen LogP contribution in [0.4, 0.5) is 4.79 Å². The molecule has 0 radical (unpaired) electrons. The summed E-state index contributed by atoms with van der Waals surface area (Å²) in [5, 5.41) is 14.6. The van der Waals surface area contributed by atoms with Gasteiger partial charge in [-0.15, -0.1) is 0 Å². The van der Waals surface area contributed by atoms with Gasteiger partial charge in [0.15, 0.2) is 0 Å². The lowest BCUT2D eigenvalue weighted by Gasteiger charge is -2.17. The van der Waals surface area contributed by atoms with Crippen molar-refractivity contribution in [2.45, 2.75) is 51.0 Å². The van der Waals surface area contributed by atoms with Crippen LogP contribution in [0.25, 0.3) is 0 Å². The molecule has 1 aromatic carbocycles. The summed E-state index contributed by atoms with van der Waals surface area (Å²) >= 11 is 0. The first-order chi connectivity index (χ1) is 12.9. The molecule has 152 valence electrons. The Morgan fingerprint density at radius 3 is 2.48 bits per heavy atom. The van der Waals surface area contributed by atoms with Gasteiger partial charge in [0.1, 0.15) is 11.5 Å². The smallest absolute Gasteiger partial charge is 0.314 e. The molecule has 0 spiro atoms. The molecule has 2 amide bonds. The second-order valence-electron chi connectivity index (χ2n) is 7.02. The van der Waals surface area contributed by atoms with Crippen LogP contribution in [0.2, 0.25) is 0 Å². The third-order valence-corrected chi connectivity index (χ3v) is 4.59. The maximum Gasteiger partial charge on any atom is 0.314 e. The molecule has 0 bridgehead atoms. The van der Waals surface area contributed by atoms with Gasteiger partial charge in [0.05, 0.1) is 0 Å². The normalized spacial score (nSPS) is 13.0. The van der Waals surface area contributed by atoms with Crippen molar-refractivity contribution in [2.75, 3.05) is 20.1 Å². The molecule has 27 heavy (non-hydrogen) atoms. The maximum atomic E-state index is 12.4. The third-order valence-electron chi connectivity index (χ3n) is 4.59. The fourth-order valence-electron chi connectivity index (χ4n) is 2.99. The fraction of sp³-hybridized carbons (Fsp3) is 0.600. The minimum Gasteiger partial charge on any atom is -0.508 e. The van der Waals surface area contributed by atoms with Crippen molar-refractivity contribution in [3.05, 3.63) is 29.8 Å². The molecule has 0 saturated carbocycles. The van der Waals surface area contributed by atoms with Crippen molar-refractivity contribution in [1.82, 2.24) is 10.6 Å². The first-order valence-electron chi connectivity index (χ1n) is 9.65. The Hall–Kier alpha value is -2.12. The summed E-state index contributed by atoms with van der Waals surface area (Å²) in [7, 11) is 1.57. The van der Waals surface area contributed by atoms with E-state index in [1.807, 2.05) is 12.1 Å². The number of amides is 2. The zero-order valence-electron chi connectivity index (χ0n) is 16.2. The van der Waals surface area contributed by atoms with Gasteiger partial charge in [-0.2, -0.15) is 0 Å². The molecular formula is C20H34N4O3. The van der Waals surface area contributed by atoms with Gasteiger partial charge in [-0.05, 0) is 55.8 Å². The monoisotopic (exact) mass is 378 g/mol. The van der Waals surface area contributed by atoms with Gasteiger partial charge in [-0.25, -0.2) is 4.79 Å². The van der Waals surface area contributed by atoms with Crippen molar-refractivity contribution in [3.63, 3.8) is 0 Å². The van der Waals surface area contributed by atoms with Crippen LogP contribution in [-0.2, 0) is 11.2 Å². The summed E-state index contributed by atoms with van der Waals surface area (Å²) < 4.78 is 0. The van der Waals surface area contributed by atoms with E-state index in [0.717, 1.165) is 24.8 Å². The van der Waals surface area contributed by atoms with E-state index in [9.17, 15) is 14.7 Å². The van der Waals surface area contributed by atoms with E-state index in [1.165, 1.54) is 0 Å². The minimum absolute atomic E-state index is 0.0989. The zero-order valence-corrected chi connectivity index (χ0v) is 16.2. The Morgan fingerprint density at radius 2 is 1.85 bits per heavy atom. The van der Waals surface area contributed by atoms with Gasteiger partial charge in [0.25, 0.3) is 0 Å². The van der Waals surface area contributed by atoms with Crippen molar-refractivity contribution in [1.29, 1.82) is 0 Å². The molecule has 2 atom stereocenters. The van der Waals surface area contributed by atoms with Crippen LogP contribution in [0.15, 0.2) is 24.3 Å². The topological polar surface area (TPSA) is 130 Å². The number of hydrogen-bond acceptors (Lipinski definition) is 5. The van der Waals surface area contributed by atoms with Crippen LogP contribution in [0.5, 0.6) is 5.75 Å². The van der Waals surface area contributed by atoms with Gasteiger partial charge in [0.2, 0.25) is 0 Å². The quantitative estimate of drug-likeness (QED) is 0.333. The van der Waals surface area contributed by atoms with E-state index in [2.05, 4.69) is 10.6 Å². The van der Waals surface area contributed by atoms with Crippen LogP contribution in [0.3, 0.4) is 0 Å². The van der Waals surface area contributed by atoms with Crippen LogP contribution in [-0.4, -0.2) is 43.1 Å². The highest BCUT2D eigenvalue weighted by Gasteiger charge is 2.16. The number of phenolic OH excluding ortho intramolecular Hbond substituents is 1. The summed E-state index contributed by atoms with van der Waals surface area (Å²) in [5.41, 5.74) is 12.7. The summed E-state index contributed by atoms with van der Waals surface area (Å²) in [6.45, 7) is 1.12. The Labute approximate surface area is 161 Å². The second-order valence-corrected chi connectivity index (χ2v) is 7.02. The molecule has 0 aliphatic carbocycles. The van der Waals surface area contributed by atoms with Gasteiger partial charge >= 0.3 is 6.03 Å². The number of rotatable bonds is 13. The molecule has 1 aromatic rings. The van der Waals surface area contributed by atoms with E-state index in [1.54, 1.807) is 19.2 Å². The highest BCUT2D eigenvalue weighted by molar-refractivity contribution is 5.79. The van der Waals surface area contributed by atoms with Crippen LogP contribution >= 0.6 is 0 Å². The van der Waals surface area contributed by atoms with E-state index in [-0.39, 0.29) is 29.5 Å². The number of benzene rings is 1. The predicted molar refractivity (Wildman–Crippen MR) is 107 cm³/mol. The van der Waals surface area contributed by atoms with Gasteiger partial charge in [-0.1, -0.05) is 18.6 Å². The van der Waals surface area contributed by atoms with Crippen LogP contribution in [0.1, 0.15) is 44.1 Å². The number of nitrogens with one attached hydrogen (secondary N) is 2. The van der Waals surface area contributed by atoms with Gasteiger partial charge in [0, 0.05) is 32.5 Å². The Kier molecular flexibility index (Phi) is 11.1. The molecule has 7 N–H and O–H groups in total. The molecule has 1 rings (SSSR count). The van der Waals surface area contributed by atoms with Gasteiger partial charge in [-0.3, -0.25) is 4.79 Å². The Morgan fingerprint density at radius 1 is 1.15 bits per heavy atom. The molecule has 0 heterocycles. The average Bonchev–Trinajstić information content (AvgIpc) is 2.66. The molecule has 0 aliphatic heterocycles. The number of carbonyl (C=O) groups is 2. The number of aromatic hydroxyl groups is 1. The number of nitrogens with two attached hydrogens (primary N) is 2. The molecule has 0 aliphatic rings. The summed E-state index contributed by atoms with van der Waals surface area (Å²) in [6, 6.07) is 6.63. The highest BCUT2D eigenvalue weighted by atomic mass is 16.3. The number of hydrogen-bond donors (Lipinski definition) is 5. The third kappa shape index (κ3) is 10.6.